The summed E-state index contributed by atoms with van der Waals surface area (Å²) < 4.78 is 20.0. The first-order valence-electron chi connectivity index (χ1n) is 11.1. The Hall–Kier alpha value is -4.46. The Morgan fingerprint density at radius 3 is 2.67 bits per heavy atom. The van der Waals surface area contributed by atoms with E-state index in [0.717, 1.165) is 17.6 Å². The van der Waals surface area contributed by atoms with Crippen molar-refractivity contribution in [2.75, 3.05) is 30.4 Å². The minimum Gasteiger partial charge on any atom is -0.365 e. The minimum atomic E-state index is -1.04. The fourth-order valence-electron chi connectivity index (χ4n) is 3.78. The van der Waals surface area contributed by atoms with Crippen LogP contribution in [-0.4, -0.2) is 71.9 Å². The van der Waals surface area contributed by atoms with Gasteiger partial charge in [-0.15, -0.1) is 5.10 Å². The van der Waals surface area contributed by atoms with Crippen molar-refractivity contribution in [3.8, 4) is 5.82 Å². The summed E-state index contributed by atoms with van der Waals surface area (Å²) in [6, 6.07) is 7.02. The standard InChI is InChI=1S/C22H24FN11O2/c1-13-6-17(27-18-7-14(2)29-31-18)28-21(26-13)33-11-22(12-33,36-3)20(35)24-9-16-4-5-19(32-30-16)34-10-15(23)8-25-34/h4-8,10H,9,11-12H2,1-3H3,(H,24,35)(H2,26,27,28,29,31). The van der Waals surface area contributed by atoms with Crippen LogP contribution in [0.15, 0.2) is 36.7 Å². The molecule has 1 amide bonds. The number of halogens is 1. The highest BCUT2D eigenvalue weighted by Gasteiger charge is 2.51. The molecule has 0 spiro atoms. The third-order valence-electron chi connectivity index (χ3n) is 5.71. The van der Waals surface area contributed by atoms with E-state index in [9.17, 15) is 9.18 Å². The number of aromatic nitrogens is 8. The smallest absolute Gasteiger partial charge is 0.256 e. The Labute approximate surface area is 205 Å². The van der Waals surface area contributed by atoms with E-state index >= 15 is 0 Å². The Bertz CT molecular complexity index is 1380. The number of hydrogen-bond acceptors (Lipinski definition) is 10. The molecule has 0 aromatic carbocycles. The highest BCUT2D eigenvalue weighted by molar-refractivity contribution is 5.88. The second-order valence-electron chi connectivity index (χ2n) is 8.48. The second kappa shape index (κ2) is 9.30. The molecule has 5 heterocycles. The Balaban J connectivity index is 1.20. The van der Waals surface area contributed by atoms with Gasteiger partial charge in [-0.1, -0.05) is 0 Å². The molecule has 186 valence electrons. The fourth-order valence-corrected chi connectivity index (χ4v) is 3.78. The number of nitrogens with one attached hydrogen (secondary N) is 3. The largest absolute Gasteiger partial charge is 0.365 e. The molecule has 0 aliphatic carbocycles. The molecule has 5 rings (SSSR count). The lowest BCUT2D eigenvalue weighted by atomic mass is 9.93. The van der Waals surface area contributed by atoms with Gasteiger partial charge < -0.3 is 20.3 Å². The van der Waals surface area contributed by atoms with Crippen molar-refractivity contribution < 1.29 is 13.9 Å². The first-order chi connectivity index (χ1) is 17.3. The van der Waals surface area contributed by atoms with Crippen molar-refractivity contribution in [3.05, 3.63) is 59.6 Å². The lowest BCUT2D eigenvalue weighted by molar-refractivity contribution is -0.146. The maximum absolute atomic E-state index is 13.1. The second-order valence-corrected chi connectivity index (χ2v) is 8.48. The van der Waals surface area contributed by atoms with Crippen LogP contribution in [0, 0.1) is 19.7 Å². The predicted octanol–water partition coefficient (Wildman–Crippen LogP) is 1.20. The Morgan fingerprint density at radius 1 is 1.19 bits per heavy atom. The van der Waals surface area contributed by atoms with Crippen LogP contribution >= 0.6 is 0 Å². The molecule has 3 N–H and O–H groups in total. The summed E-state index contributed by atoms with van der Waals surface area (Å²) >= 11 is 0. The third kappa shape index (κ3) is 4.70. The highest BCUT2D eigenvalue weighted by Crippen LogP contribution is 2.29. The number of nitrogens with zero attached hydrogens (tertiary/aromatic N) is 8. The zero-order valence-corrected chi connectivity index (χ0v) is 19.9. The SMILES string of the molecule is COC1(C(=O)NCc2ccc(-n3cc(F)cn3)nn2)CN(c2nc(C)cc(Nc3cc(C)[nH]n3)n2)C1. The summed E-state index contributed by atoms with van der Waals surface area (Å²) in [6.07, 6.45) is 2.28. The monoisotopic (exact) mass is 493 g/mol. The van der Waals surface area contributed by atoms with Gasteiger partial charge in [0.15, 0.2) is 23.1 Å². The van der Waals surface area contributed by atoms with Crippen molar-refractivity contribution in [1.82, 2.24) is 45.5 Å². The van der Waals surface area contributed by atoms with E-state index in [1.807, 2.05) is 30.9 Å². The number of rotatable bonds is 8. The van der Waals surface area contributed by atoms with Crippen LogP contribution in [0.3, 0.4) is 0 Å². The van der Waals surface area contributed by atoms with E-state index in [2.05, 4.69) is 46.1 Å². The van der Waals surface area contributed by atoms with Gasteiger partial charge in [0.1, 0.15) is 5.82 Å². The number of anilines is 3. The molecule has 36 heavy (non-hydrogen) atoms. The summed E-state index contributed by atoms with van der Waals surface area (Å²) in [6.45, 7) is 4.51. The first kappa shape index (κ1) is 23.3. The lowest BCUT2D eigenvalue weighted by Crippen LogP contribution is -2.70. The normalized spacial score (nSPS) is 14.4. The maximum Gasteiger partial charge on any atom is 0.256 e. The van der Waals surface area contributed by atoms with Crippen LogP contribution in [0.2, 0.25) is 0 Å². The number of carbonyl (C=O) groups is 1. The van der Waals surface area contributed by atoms with Crippen molar-refractivity contribution >= 4 is 23.5 Å². The quantitative estimate of drug-likeness (QED) is 0.326. The van der Waals surface area contributed by atoms with Gasteiger partial charge in [-0.3, -0.25) is 9.89 Å². The Morgan fingerprint density at radius 2 is 2.03 bits per heavy atom. The summed E-state index contributed by atoms with van der Waals surface area (Å²) in [4.78, 5) is 23.9. The van der Waals surface area contributed by atoms with Crippen molar-refractivity contribution in [1.29, 1.82) is 0 Å². The Kier molecular flexibility index (Phi) is 6.01. The van der Waals surface area contributed by atoms with Gasteiger partial charge in [0.25, 0.3) is 5.91 Å². The number of hydrogen-bond donors (Lipinski definition) is 3. The molecular weight excluding hydrogens is 469 g/mol. The molecule has 1 fully saturated rings. The lowest BCUT2D eigenvalue weighted by Gasteiger charge is -2.47. The van der Waals surface area contributed by atoms with Crippen molar-refractivity contribution in [3.63, 3.8) is 0 Å². The van der Waals surface area contributed by atoms with Gasteiger partial charge in [-0.25, -0.2) is 14.1 Å². The van der Waals surface area contributed by atoms with E-state index in [1.165, 1.54) is 18.0 Å². The highest BCUT2D eigenvalue weighted by atomic mass is 19.1. The number of carbonyl (C=O) groups excluding carboxylic acids is 1. The summed E-state index contributed by atoms with van der Waals surface area (Å²) in [5.41, 5.74) is 1.19. The van der Waals surface area contributed by atoms with Gasteiger partial charge in [0.05, 0.1) is 37.7 Å². The molecule has 1 saturated heterocycles. The van der Waals surface area contributed by atoms with Gasteiger partial charge in [0.2, 0.25) is 5.95 Å². The number of aryl methyl sites for hydroxylation is 2. The van der Waals surface area contributed by atoms with E-state index in [4.69, 9.17) is 4.74 Å². The molecule has 0 radical (unpaired) electrons. The zero-order valence-electron chi connectivity index (χ0n) is 19.9. The van der Waals surface area contributed by atoms with Crippen LogP contribution in [0.25, 0.3) is 5.82 Å². The van der Waals surface area contributed by atoms with Crippen molar-refractivity contribution in [2.24, 2.45) is 0 Å². The average molecular weight is 494 g/mol. The van der Waals surface area contributed by atoms with Gasteiger partial charge in [-0.05, 0) is 26.0 Å². The van der Waals surface area contributed by atoms with Crippen molar-refractivity contribution in [2.45, 2.75) is 26.0 Å². The van der Waals surface area contributed by atoms with Crippen LogP contribution < -0.4 is 15.5 Å². The van der Waals surface area contributed by atoms with Crippen LogP contribution in [0.1, 0.15) is 17.1 Å². The summed E-state index contributed by atoms with van der Waals surface area (Å²) in [5, 5.41) is 25.0. The zero-order chi connectivity index (χ0) is 25.3. The topological polar surface area (TPSA) is 152 Å². The number of ether oxygens (including phenoxy) is 1. The van der Waals surface area contributed by atoms with E-state index in [-0.39, 0.29) is 25.5 Å². The molecular formula is C22H24FN11O2. The minimum absolute atomic E-state index is 0.156. The fraction of sp³-hybridized carbons (Fsp3) is 0.318. The maximum atomic E-state index is 13.1. The predicted molar refractivity (Wildman–Crippen MR) is 126 cm³/mol. The molecule has 0 unspecified atom stereocenters. The van der Waals surface area contributed by atoms with Gasteiger partial charge in [-0.2, -0.15) is 20.3 Å². The van der Waals surface area contributed by atoms with E-state index < -0.39 is 11.4 Å². The third-order valence-corrected chi connectivity index (χ3v) is 5.71. The van der Waals surface area contributed by atoms with Gasteiger partial charge in [0, 0.05) is 30.6 Å². The molecule has 0 atom stereocenters. The summed E-state index contributed by atoms with van der Waals surface area (Å²) in [7, 11) is 1.50. The molecule has 1 aliphatic heterocycles. The molecule has 4 aromatic heterocycles. The first-order valence-corrected chi connectivity index (χ1v) is 11.1. The number of aromatic amines is 1. The average Bonchev–Trinajstić information content (AvgIpc) is 3.45. The van der Waals surface area contributed by atoms with Crippen LogP contribution in [0.4, 0.5) is 22.0 Å². The van der Waals surface area contributed by atoms with Gasteiger partial charge >= 0.3 is 0 Å². The summed E-state index contributed by atoms with van der Waals surface area (Å²) in [5.74, 6) is 1.36. The van der Waals surface area contributed by atoms with Crippen LogP contribution in [0.5, 0.6) is 0 Å². The molecule has 14 heteroatoms. The van der Waals surface area contributed by atoms with Crippen LogP contribution in [-0.2, 0) is 16.1 Å². The number of methoxy groups -OCH3 is 1. The molecule has 1 aliphatic rings. The molecule has 13 nitrogen and oxygen atoms in total. The van der Waals surface area contributed by atoms with E-state index in [0.29, 0.717) is 29.1 Å². The molecule has 4 aromatic rings. The molecule has 0 saturated carbocycles. The molecule has 0 bridgehead atoms. The number of amides is 1. The number of H-pyrrole nitrogens is 1. The van der Waals surface area contributed by atoms with E-state index in [1.54, 1.807) is 12.1 Å².